The number of carbonyl (C=O) groups is 1. The maximum Gasteiger partial charge on any atom is 0.252 e. The molecule has 7 nitrogen and oxygen atoms in total. The highest BCUT2D eigenvalue weighted by molar-refractivity contribution is 5.92. The maximum atomic E-state index is 12.7. The highest BCUT2D eigenvalue weighted by atomic mass is 16.2. The van der Waals surface area contributed by atoms with Gasteiger partial charge in [-0.15, -0.1) is 0 Å². The third kappa shape index (κ3) is 5.03. The van der Waals surface area contributed by atoms with Gasteiger partial charge < -0.3 is 5.32 Å². The average Bonchev–Trinajstić information content (AvgIpc) is 2.95. The molecular formula is C19H29N5O2. The Morgan fingerprint density at radius 2 is 1.88 bits per heavy atom. The highest BCUT2D eigenvalue weighted by Crippen LogP contribution is 2.19. The van der Waals surface area contributed by atoms with Gasteiger partial charge in [0.05, 0.1) is 5.69 Å². The summed E-state index contributed by atoms with van der Waals surface area (Å²) in [7, 11) is 0. The van der Waals surface area contributed by atoms with Crippen molar-refractivity contribution >= 4 is 11.7 Å². The van der Waals surface area contributed by atoms with Crippen molar-refractivity contribution < 1.29 is 4.79 Å². The number of aryl methyl sites for hydroxylation is 2. The summed E-state index contributed by atoms with van der Waals surface area (Å²) in [5.41, 5.74) is 1.23. The first kappa shape index (κ1) is 19.9. The number of rotatable bonds is 9. The molecule has 0 radical (unpaired) electrons. The quantitative estimate of drug-likeness (QED) is 0.718. The molecule has 26 heavy (non-hydrogen) atoms. The van der Waals surface area contributed by atoms with Crippen molar-refractivity contribution in [3.63, 3.8) is 0 Å². The molecule has 0 spiro atoms. The lowest BCUT2D eigenvalue weighted by Crippen LogP contribution is -2.25. The fraction of sp³-hybridized carbons (Fsp3) is 0.579. The Kier molecular flexibility index (Phi) is 7.12. The van der Waals surface area contributed by atoms with Crippen LogP contribution in [0.1, 0.15) is 64.3 Å². The van der Waals surface area contributed by atoms with Gasteiger partial charge in [-0.1, -0.05) is 40.0 Å². The van der Waals surface area contributed by atoms with Crippen LogP contribution >= 0.6 is 0 Å². The van der Waals surface area contributed by atoms with E-state index in [1.807, 2.05) is 13.8 Å². The molecule has 2 rings (SSSR count). The lowest BCUT2D eigenvalue weighted by molar-refractivity contribution is -0.120. The fourth-order valence-corrected chi connectivity index (χ4v) is 3.06. The zero-order valence-electron chi connectivity index (χ0n) is 16.1. The lowest BCUT2D eigenvalue weighted by atomic mass is 9.97. The van der Waals surface area contributed by atoms with Gasteiger partial charge in [-0.2, -0.15) is 9.78 Å². The van der Waals surface area contributed by atoms with Crippen molar-refractivity contribution in [1.29, 1.82) is 0 Å². The van der Waals surface area contributed by atoms with E-state index >= 15 is 0 Å². The van der Waals surface area contributed by atoms with Gasteiger partial charge >= 0.3 is 0 Å². The molecule has 0 atom stereocenters. The number of nitrogens with one attached hydrogen (secondary N) is 2. The number of aromatic amines is 1. The number of carbonyl (C=O) groups excluding carboxylic acids is 1. The molecule has 0 saturated heterocycles. The van der Waals surface area contributed by atoms with Crippen LogP contribution in [0.15, 0.2) is 16.9 Å². The van der Waals surface area contributed by atoms with Crippen LogP contribution in [0.25, 0.3) is 5.95 Å². The number of aromatic nitrogens is 4. The number of amides is 1. The van der Waals surface area contributed by atoms with E-state index in [-0.39, 0.29) is 17.4 Å². The molecule has 0 aliphatic heterocycles. The van der Waals surface area contributed by atoms with Crippen LogP contribution in [0.4, 0.5) is 5.82 Å². The van der Waals surface area contributed by atoms with Crippen LogP contribution in [0.3, 0.4) is 0 Å². The summed E-state index contributed by atoms with van der Waals surface area (Å²) in [6, 6.07) is 3.29. The van der Waals surface area contributed by atoms with E-state index in [9.17, 15) is 9.59 Å². The molecule has 0 aromatic carbocycles. The third-order valence-corrected chi connectivity index (χ3v) is 4.22. The molecule has 2 heterocycles. The zero-order valence-corrected chi connectivity index (χ0v) is 16.1. The predicted molar refractivity (Wildman–Crippen MR) is 103 cm³/mol. The van der Waals surface area contributed by atoms with E-state index in [0.717, 1.165) is 37.8 Å². The summed E-state index contributed by atoms with van der Waals surface area (Å²) in [6.07, 6.45) is 5.25. The van der Waals surface area contributed by atoms with Gasteiger partial charge in [0.1, 0.15) is 5.82 Å². The molecule has 7 heteroatoms. The van der Waals surface area contributed by atoms with Crippen LogP contribution < -0.4 is 10.9 Å². The van der Waals surface area contributed by atoms with Crippen LogP contribution in [-0.4, -0.2) is 25.7 Å². The minimum Gasteiger partial charge on any atom is -0.310 e. The van der Waals surface area contributed by atoms with Gasteiger partial charge in [0.25, 0.3) is 5.56 Å². The van der Waals surface area contributed by atoms with Crippen molar-refractivity contribution in [1.82, 2.24) is 19.7 Å². The second kappa shape index (κ2) is 9.31. The van der Waals surface area contributed by atoms with Gasteiger partial charge in [0.2, 0.25) is 11.9 Å². The maximum absolute atomic E-state index is 12.7. The Labute approximate surface area is 154 Å². The van der Waals surface area contributed by atoms with Gasteiger partial charge in [-0.05, 0) is 26.2 Å². The van der Waals surface area contributed by atoms with Crippen LogP contribution in [0.5, 0.6) is 0 Å². The van der Waals surface area contributed by atoms with E-state index in [4.69, 9.17) is 0 Å². The van der Waals surface area contributed by atoms with Crippen LogP contribution in [0, 0.1) is 12.8 Å². The summed E-state index contributed by atoms with van der Waals surface area (Å²) < 4.78 is 1.50. The Morgan fingerprint density at radius 1 is 1.19 bits per heavy atom. The van der Waals surface area contributed by atoms with Crippen molar-refractivity contribution in [2.45, 2.75) is 66.2 Å². The Bertz CT molecular complexity index is 787. The summed E-state index contributed by atoms with van der Waals surface area (Å²) in [6.45, 7) is 8.04. The molecule has 0 saturated carbocycles. The predicted octanol–water partition coefficient (Wildman–Crippen LogP) is 3.37. The Balaban J connectivity index is 2.33. The molecule has 0 bridgehead atoms. The highest BCUT2D eigenvalue weighted by Gasteiger charge is 2.20. The number of hydrogen-bond donors (Lipinski definition) is 2. The third-order valence-electron chi connectivity index (χ3n) is 4.22. The lowest BCUT2D eigenvalue weighted by Gasteiger charge is -2.15. The first-order chi connectivity index (χ1) is 12.5. The average molecular weight is 359 g/mol. The van der Waals surface area contributed by atoms with E-state index in [0.29, 0.717) is 23.9 Å². The van der Waals surface area contributed by atoms with E-state index in [2.05, 4.69) is 34.2 Å². The minimum atomic E-state index is -0.223. The van der Waals surface area contributed by atoms with E-state index < -0.39 is 0 Å². The Morgan fingerprint density at radius 3 is 2.50 bits per heavy atom. The SMILES string of the molecule is CCCc1cc(=O)[nH]c(-n2nc(C)cc2NC(=O)C(CCC)CCC)n1. The molecule has 0 aliphatic carbocycles. The van der Waals surface area contributed by atoms with E-state index in [1.165, 1.54) is 10.7 Å². The van der Waals surface area contributed by atoms with Gasteiger partial charge in [-0.3, -0.25) is 14.6 Å². The normalized spacial score (nSPS) is 11.1. The summed E-state index contributed by atoms with van der Waals surface area (Å²) in [5, 5.41) is 7.37. The standard InChI is InChI=1S/C19H29N5O2/c1-5-8-14(9-6-2)18(26)21-16-11-13(4)23-24(16)19-20-15(10-7-3)12-17(25)22-19/h11-12,14H,5-10H2,1-4H3,(H,21,26)(H,20,22,25). The topological polar surface area (TPSA) is 92.7 Å². The molecule has 0 unspecified atom stereocenters. The van der Waals surface area contributed by atoms with Crippen molar-refractivity contribution in [2.24, 2.45) is 5.92 Å². The van der Waals surface area contributed by atoms with Gasteiger partial charge in [0.15, 0.2) is 0 Å². The smallest absolute Gasteiger partial charge is 0.252 e. The zero-order chi connectivity index (χ0) is 19.1. The molecule has 2 aromatic heterocycles. The molecule has 1 amide bonds. The van der Waals surface area contributed by atoms with Crippen molar-refractivity contribution in [3.05, 3.63) is 33.9 Å². The van der Waals surface area contributed by atoms with Crippen LogP contribution in [0.2, 0.25) is 0 Å². The molecule has 142 valence electrons. The van der Waals surface area contributed by atoms with Crippen LogP contribution in [-0.2, 0) is 11.2 Å². The molecule has 0 aliphatic rings. The van der Waals surface area contributed by atoms with Gasteiger partial charge in [0, 0.05) is 23.7 Å². The first-order valence-electron chi connectivity index (χ1n) is 9.46. The van der Waals surface area contributed by atoms with Gasteiger partial charge in [-0.25, -0.2) is 4.98 Å². The summed E-state index contributed by atoms with van der Waals surface area (Å²) >= 11 is 0. The van der Waals surface area contributed by atoms with Crippen molar-refractivity contribution in [3.8, 4) is 5.95 Å². The number of anilines is 1. The number of hydrogen-bond acceptors (Lipinski definition) is 4. The largest absolute Gasteiger partial charge is 0.310 e. The monoisotopic (exact) mass is 359 g/mol. The molecule has 2 N–H and O–H groups in total. The summed E-state index contributed by atoms with van der Waals surface area (Å²) in [4.78, 5) is 31.8. The summed E-state index contributed by atoms with van der Waals surface area (Å²) in [5.74, 6) is 0.822. The number of nitrogens with zero attached hydrogens (tertiary/aromatic N) is 3. The Hall–Kier alpha value is -2.44. The molecule has 0 fully saturated rings. The second-order valence-electron chi connectivity index (χ2n) is 6.66. The molecular weight excluding hydrogens is 330 g/mol. The minimum absolute atomic E-state index is 0.0121. The molecule has 2 aromatic rings. The second-order valence-corrected chi connectivity index (χ2v) is 6.66. The van der Waals surface area contributed by atoms with E-state index in [1.54, 1.807) is 6.07 Å². The fourth-order valence-electron chi connectivity index (χ4n) is 3.06. The first-order valence-corrected chi connectivity index (χ1v) is 9.46. The van der Waals surface area contributed by atoms with Crippen molar-refractivity contribution in [2.75, 3.05) is 5.32 Å². The number of H-pyrrole nitrogens is 1.